The molecule has 7 nitrogen and oxygen atoms in total. The van der Waals surface area contributed by atoms with Crippen molar-refractivity contribution in [2.24, 2.45) is 0 Å². The molecular weight excluding hydrogens is 503 g/mol. The second-order valence-corrected chi connectivity index (χ2v) is 8.23. The molecule has 29 heavy (non-hydrogen) atoms. The van der Waals surface area contributed by atoms with Gasteiger partial charge >= 0.3 is 0 Å². The average Bonchev–Trinajstić information content (AvgIpc) is 3.42. The third-order valence-electron chi connectivity index (χ3n) is 3.97. The molecule has 0 atom stereocenters. The number of nitrogens with one attached hydrogen (secondary N) is 1. The smallest absolute Gasteiger partial charge is 0.234 e. The highest BCUT2D eigenvalue weighted by atomic mass is 127. The van der Waals surface area contributed by atoms with E-state index in [2.05, 4.69) is 43.1 Å². The van der Waals surface area contributed by atoms with Crippen LogP contribution in [0.25, 0.3) is 22.9 Å². The van der Waals surface area contributed by atoms with E-state index in [0.717, 1.165) is 14.8 Å². The number of furan rings is 2. The first-order chi connectivity index (χ1) is 14.1. The fourth-order valence-corrected chi connectivity index (χ4v) is 3.85. The molecule has 0 fully saturated rings. The van der Waals surface area contributed by atoms with E-state index >= 15 is 0 Å². The number of rotatable bonds is 6. The van der Waals surface area contributed by atoms with E-state index in [1.807, 2.05) is 25.1 Å². The van der Waals surface area contributed by atoms with Gasteiger partial charge in [-0.2, -0.15) is 0 Å². The minimum absolute atomic E-state index is 0.141. The lowest BCUT2D eigenvalue weighted by Crippen LogP contribution is -2.15. The molecule has 0 saturated heterocycles. The van der Waals surface area contributed by atoms with Crippen molar-refractivity contribution in [3.05, 3.63) is 64.1 Å². The summed E-state index contributed by atoms with van der Waals surface area (Å²) in [7, 11) is 0. The Labute approximate surface area is 184 Å². The van der Waals surface area contributed by atoms with E-state index in [-0.39, 0.29) is 11.7 Å². The summed E-state index contributed by atoms with van der Waals surface area (Å²) in [6, 6.07) is 13.0. The average molecular weight is 518 g/mol. The molecule has 0 unspecified atom stereocenters. The van der Waals surface area contributed by atoms with Gasteiger partial charge in [-0.25, -0.2) is 4.98 Å². The minimum Gasteiger partial charge on any atom is -0.463 e. The largest absolute Gasteiger partial charge is 0.463 e. The van der Waals surface area contributed by atoms with E-state index in [9.17, 15) is 4.79 Å². The number of thioether (sulfide) groups is 1. The Kier molecular flexibility index (Phi) is 5.95. The zero-order chi connectivity index (χ0) is 20.2. The Morgan fingerprint density at radius 2 is 1.79 bits per heavy atom. The molecule has 0 spiro atoms. The minimum atomic E-state index is -0.141. The number of benzene rings is 1. The fourth-order valence-electron chi connectivity index (χ4n) is 2.62. The van der Waals surface area contributed by atoms with Gasteiger partial charge in [0.2, 0.25) is 11.1 Å². The van der Waals surface area contributed by atoms with Crippen molar-refractivity contribution in [3.8, 4) is 22.9 Å². The molecule has 0 saturated carbocycles. The molecule has 4 rings (SSSR count). The summed E-state index contributed by atoms with van der Waals surface area (Å²) in [5.74, 6) is 1.11. The number of carbonyl (C=O) groups excluding carboxylic acids is 1. The summed E-state index contributed by atoms with van der Waals surface area (Å²) in [6.07, 6.45) is 3.12. The molecule has 1 aromatic carbocycles. The summed E-state index contributed by atoms with van der Waals surface area (Å²) in [4.78, 5) is 16.9. The Hall–Kier alpha value is -2.66. The van der Waals surface area contributed by atoms with Crippen LogP contribution in [0.4, 0.5) is 5.69 Å². The van der Waals surface area contributed by atoms with Crippen molar-refractivity contribution in [1.29, 1.82) is 0 Å². The highest BCUT2D eigenvalue weighted by Crippen LogP contribution is 2.30. The molecule has 1 N–H and O–H groups in total. The predicted molar refractivity (Wildman–Crippen MR) is 118 cm³/mol. The van der Waals surface area contributed by atoms with Crippen LogP contribution in [-0.4, -0.2) is 26.8 Å². The van der Waals surface area contributed by atoms with Gasteiger partial charge < -0.3 is 14.2 Å². The number of anilines is 1. The van der Waals surface area contributed by atoms with Crippen molar-refractivity contribution < 1.29 is 13.6 Å². The van der Waals surface area contributed by atoms with Crippen molar-refractivity contribution in [3.63, 3.8) is 0 Å². The number of aromatic nitrogens is 3. The van der Waals surface area contributed by atoms with E-state index < -0.39 is 0 Å². The van der Waals surface area contributed by atoms with Gasteiger partial charge in [0, 0.05) is 9.26 Å². The lowest BCUT2D eigenvalue weighted by molar-refractivity contribution is -0.113. The Balaban J connectivity index is 1.50. The number of halogens is 1. The molecule has 4 aromatic rings. The van der Waals surface area contributed by atoms with Crippen molar-refractivity contribution >= 4 is 45.9 Å². The summed E-state index contributed by atoms with van der Waals surface area (Å²) in [5.41, 5.74) is 2.79. The van der Waals surface area contributed by atoms with E-state index in [1.54, 1.807) is 36.8 Å². The molecule has 0 aliphatic rings. The van der Waals surface area contributed by atoms with E-state index in [4.69, 9.17) is 8.83 Å². The quantitative estimate of drug-likeness (QED) is 0.283. The Morgan fingerprint density at radius 1 is 1.07 bits per heavy atom. The van der Waals surface area contributed by atoms with Crippen molar-refractivity contribution in [2.75, 3.05) is 11.1 Å². The number of hydrogen-bond donors (Lipinski definition) is 1. The maximum Gasteiger partial charge on any atom is 0.234 e. The number of aryl methyl sites for hydroxylation is 1. The van der Waals surface area contributed by atoms with Crippen LogP contribution in [0.2, 0.25) is 0 Å². The van der Waals surface area contributed by atoms with Crippen LogP contribution >= 0.6 is 34.4 Å². The third kappa shape index (κ3) is 4.67. The van der Waals surface area contributed by atoms with Gasteiger partial charge in [0.25, 0.3) is 0 Å². The van der Waals surface area contributed by atoms with Gasteiger partial charge in [0.05, 0.1) is 18.3 Å². The SMILES string of the molecule is Cc1cc(I)ccc1NC(=O)CSc1nnc(-c2ccco2)c(-c2ccco2)n1. The number of amides is 1. The summed E-state index contributed by atoms with van der Waals surface area (Å²) in [6.45, 7) is 1.96. The molecule has 0 aliphatic carbocycles. The van der Waals surface area contributed by atoms with Crippen LogP contribution in [0.3, 0.4) is 0 Å². The molecule has 1 amide bonds. The van der Waals surface area contributed by atoms with Gasteiger partial charge in [0.15, 0.2) is 17.2 Å². The first kappa shape index (κ1) is 19.6. The first-order valence-electron chi connectivity index (χ1n) is 8.61. The number of carbonyl (C=O) groups is 1. The Morgan fingerprint density at radius 3 is 2.45 bits per heavy atom. The first-order valence-corrected chi connectivity index (χ1v) is 10.7. The second-order valence-electron chi connectivity index (χ2n) is 6.04. The maximum absolute atomic E-state index is 12.3. The molecular formula is C20H15IN4O3S. The Bertz CT molecular complexity index is 1130. The van der Waals surface area contributed by atoms with E-state index in [1.165, 1.54) is 11.8 Å². The van der Waals surface area contributed by atoms with Crippen LogP contribution in [0.15, 0.2) is 69.0 Å². The topological polar surface area (TPSA) is 94.1 Å². The third-order valence-corrected chi connectivity index (χ3v) is 5.48. The van der Waals surface area contributed by atoms with Crippen molar-refractivity contribution in [1.82, 2.24) is 15.2 Å². The van der Waals surface area contributed by atoms with Gasteiger partial charge in [-0.3, -0.25) is 4.79 Å². The number of hydrogen-bond acceptors (Lipinski definition) is 7. The van der Waals surface area contributed by atoms with Crippen molar-refractivity contribution in [2.45, 2.75) is 12.1 Å². The highest BCUT2D eigenvalue weighted by Gasteiger charge is 2.18. The van der Waals surface area contributed by atoms with Crippen LogP contribution in [-0.2, 0) is 4.79 Å². The van der Waals surface area contributed by atoms with Gasteiger partial charge in [-0.1, -0.05) is 11.8 Å². The molecule has 9 heteroatoms. The molecule has 3 heterocycles. The zero-order valence-corrected chi connectivity index (χ0v) is 18.2. The molecule has 146 valence electrons. The van der Waals surface area contributed by atoms with Gasteiger partial charge in [-0.05, 0) is 77.5 Å². The summed E-state index contributed by atoms with van der Waals surface area (Å²) >= 11 is 3.44. The summed E-state index contributed by atoms with van der Waals surface area (Å²) in [5, 5.41) is 11.7. The maximum atomic E-state index is 12.3. The van der Waals surface area contributed by atoms with Gasteiger partial charge in [0.1, 0.15) is 5.69 Å². The van der Waals surface area contributed by atoms with E-state index in [0.29, 0.717) is 28.1 Å². The molecule has 0 radical (unpaired) electrons. The van der Waals surface area contributed by atoms with Crippen LogP contribution in [0.1, 0.15) is 5.56 Å². The predicted octanol–water partition coefficient (Wildman–Crippen LogP) is 5.04. The van der Waals surface area contributed by atoms with Crippen LogP contribution < -0.4 is 5.32 Å². The second kappa shape index (κ2) is 8.78. The number of nitrogens with zero attached hydrogens (tertiary/aromatic N) is 3. The highest BCUT2D eigenvalue weighted by molar-refractivity contribution is 14.1. The van der Waals surface area contributed by atoms with Gasteiger partial charge in [-0.15, -0.1) is 10.2 Å². The molecule has 0 bridgehead atoms. The zero-order valence-electron chi connectivity index (χ0n) is 15.3. The monoisotopic (exact) mass is 518 g/mol. The van der Waals surface area contributed by atoms with Crippen LogP contribution in [0, 0.1) is 10.5 Å². The lowest BCUT2D eigenvalue weighted by atomic mass is 10.2. The summed E-state index contributed by atoms with van der Waals surface area (Å²) < 4.78 is 12.0. The molecule has 0 aliphatic heterocycles. The lowest BCUT2D eigenvalue weighted by Gasteiger charge is -2.09. The van der Waals surface area contributed by atoms with Crippen LogP contribution in [0.5, 0.6) is 0 Å². The normalized spacial score (nSPS) is 10.8. The fraction of sp³-hybridized carbons (Fsp3) is 0.100. The molecule has 3 aromatic heterocycles. The standard InChI is InChI=1S/C20H15IN4O3S/c1-12-10-13(21)6-7-14(12)22-17(26)11-29-20-23-18(15-4-2-8-27-15)19(24-25-20)16-5-3-9-28-16/h2-10H,11H2,1H3,(H,22,26).